The van der Waals surface area contributed by atoms with Gasteiger partial charge in [0.15, 0.2) is 5.96 Å². The van der Waals surface area contributed by atoms with Gasteiger partial charge in [-0.2, -0.15) is 0 Å². The lowest BCUT2D eigenvalue weighted by Crippen LogP contribution is -2.37. The van der Waals surface area contributed by atoms with Gasteiger partial charge >= 0.3 is 0 Å². The van der Waals surface area contributed by atoms with Crippen molar-refractivity contribution < 1.29 is 0 Å². The Kier molecular flexibility index (Phi) is 9.59. The van der Waals surface area contributed by atoms with Gasteiger partial charge in [-0.1, -0.05) is 31.2 Å². The fourth-order valence-corrected chi connectivity index (χ4v) is 3.79. The highest BCUT2D eigenvalue weighted by Crippen LogP contribution is 2.13. The van der Waals surface area contributed by atoms with Gasteiger partial charge in [-0.3, -0.25) is 4.99 Å². The largest absolute Gasteiger partial charge is 0.356 e. The lowest BCUT2D eigenvalue weighted by atomic mass is 10.1. The summed E-state index contributed by atoms with van der Waals surface area (Å²) in [5.74, 6) is 1.84. The summed E-state index contributed by atoms with van der Waals surface area (Å²) in [5.41, 5.74) is 2.49. The first-order valence-corrected chi connectivity index (χ1v) is 10.4. The van der Waals surface area contributed by atoms with Gasteiger partial charge in [0.05, 0.1) is 5.01 Å². The SMILES string of the molecule is CCc1cnc(CCNC(=NC)NCc2cccc(Cn3ccnc3C)c2)s1.I. The molecule has 0 aliphatic heterocycles. The summed E-state index contributed by atoms with van der Waals surface area (Å²) < 4.78 is 2.15. The minimum atomic E-state index is 0. The van der Waals surface area contributed by atoms with E-state index < -0.39 is 0 Å². The summed E-state index contributed by atoms with van der Waals surface area (Å²) in [7, 11) is 1.80. The van der Waals surface area contributed by atoms with Gasteiger partial charge in [-0.15, -0.1) is 35.3 Å². The second-order valence-corrected chi connectivity index (χ2v) is 7.80. The Balaban J connectivity index is 0.00000300. The van der Waals surface area contributed by atoms with Gasteiger partial charge in [-0.25, -0.2) is 9.97 Å². The normalized spacial score (nSPS) is 11.2. The molecular weight excluding hydrogens is 495 g/mol. The molecule has 0 aliphatic carbocycles. The molecule has 2 heterocycles. The van der Waals surface area contributed by atoms with Crippen molar-refractivity contribution in [3.63, 3.8) is 0 Å². The van der Waals surface area contributed by atoms with Gasteiger partial charge in [0, 0.05) is 56.6 Å². The smallest absolute Gasteiger partial charge is 0.191 e. The summed E-state index contributed by atoms with van der Waals surface area (Å²) in [6.45, 7) is 6.56. The Hall–Kier alpha value is -1.94. The minimum Gasteiger partial charge on any atom is -0.356 e. The van der Waals surface area contributed by atoms with Gasteiger partial charge in [0.2, 0.25) is 0 Å². The van der Waals surface area contributed by atoms with Crippen LogP contribution < -0.4 is 10.6 Å². The number of hydrogen-bond acceptors (Lipinski definition) is 4. The van der Waals surface area contributed by atoms with E-state index in [2.05, 4.69) is 61.4 Å². The number of rotatable bonds is 8. The molecule has 3 rings (SSSR count). The fourth-order valence-electron chi connectivity index (χ4n) is 2.93. The van der Waals surface area contributed by atoms with Crippen LogP contribution in [0.25, 0.3) is 0 Å². The van der Waals surface area contributed by atoms with Crippen LogP contribution >= 0.6 is 35.3 Å². The van der Waals surface area contributed by atoms with Crippen molar-refractivity contribution in [1.82, 2.24) is 25.2 Å². The van der Waals surface area contributed by atoms with Crippen molar-refractivity contribution in [2.24, 2.45) is 4.99 Å². The van der Waals surface area contributed by atoms with Gasteiger partial charge < -0.3 is 15.2 Å². The molecule has 29 heavy (non-hydrogen) atoms. The third kappa shape index (κ3) is 7.11. The topological polar surface area (TPSA) is 67.1 Å². The summed E-state index contributed by atoms with van der Waals surface area (Å²) in [4.78, 5) is 14.4. The molecule has 0 amide bonds. The molecule has 0 saturated heterocycles. The number of nitrogens with zero attached hydrogens (tertiary/aromatic N) is 4. The number of nitrogens with one attached hydrogen (secondary N) is 2. The third-order valence-corrected chi connectivity index (χ3v) is 5.73. The van der Waals surface area contributed by atoms with Crippen molar-refractivity contribution in [3.05, 3.63) is 69.7 Å². The summed E-state index contributed by atoms with van der Waals surface area (Å²) in [6.07, 6.45) is 7.79. The molecule has 2 aromatic heterocycles. The zero-order valence-corrected chi connectivity index (χ0v) is 20.3. The molecule has 8 heteroatoms. The first kappa shape index (κ1) is 23.3. The first-order valence-electron chi connectivity index (χ1n) is 9.61. The molecule has 3 aromatic rings. The van der Waals surface area contributed by atoms with Crippen molar-refractivity contribution in [2.45, 2.75) is 39.8 Å². The van der Waals surface area contributed by atoms with Crippen molar-refractivity contribution >= 4 is 41.3 Å². The Morgan fingerprint density at radius 2 is 2.03 bits per heavy atom. The standard InChI is InChI=1S/C21H28N6S.HI/c1-4-19-14-25-20(28-19)8-9-24-21(22-3)26-13-17-6-5-7-18(12-17)15-27-11-10-23-16(27)2;/h5-7,10-12,14H,4,8-9,13,15H2,1-3H3,(H2,22,24,26);1H. The van der Waals surface area contributed by atoms with Gasteiger partial charge in [0.1, 0.15) is 5.82 Å². The van der Waals surface area contributed by atoms with Crippen LogP contribution in [-0.2, 0) is 25.9 Å². The molecule has 156 valence electrons. The summed E-state index contributed by atoms with van der Waals surface area (Å²) >= 11 is 1.79. The van der Waals surface area contributed by atoms with Crippen LogP contribution in [0.4, 0.5) is 0 Å². The second-order valence-electron chi connectivity index (χ2n) is 6.60. The fraction of sp³-hybridized carbons (Fsp3) is 0.381. The molecule has 0 fully saturated rings. The molecule has 2 N–H and O–H groups in total. The number of aromatic nitrogens is 3. The molecule has 0 atom stereocenters. The maximum absolute atomic E-state index is 4.46. The molecule has 0 unspecified atom stereocenters. The third-order valence-electron chi connectivity index (χ3n) is 4.53. The quantitative estimate of drug-likeness (QED) is 0.268. The summed E-state index contributed by atoms with van der Waals surface area (Å²) in [6, 6.07) is 8.60. The maximum Gasteiger partial charge on any atom is 0.191 e. The molecule has 0 saturated carbocycles. The van der Waals surface area contributed by atoms with Crippen molar-refractivity contribution in [3.8, 4) is 0 Å². The number of hydrogen-bond donors (Lipinski definition) is 2. The van der Waals surface area contributed by atoms with E-state index in [0.29, 0.717) is 0 Å². The Labute approximate surface area is 193 Å². The Morgan fingerprint density at radius 1 is 1.21 bits per heavy atom. The van der Waals surface area contributed by atoms with E-state index in [1.807, 2.05) is 25.5 Å². The lowest BCUT2D eigenvalue weighted by Gasteiger charge is -2.12. The van der Waals surface area contributed by atoms with Crippen LogP contribution in [-0.4, -0.2) is 34.1 Å². The minimum absolute atomic E-state index is 0. The zero-order chi connectivity index (χ0) is 19.8. The van der Waals surface area contributed by atoms with E-state index >= 15 is 0 Å². The van der Waals surface area contributed by atoms with Gasteiger partial charge in [0.25, 0.3) is 0 Å². The van der Waals surface area contributed by atoms with Crippen LogP contribution in [0.3, 0.4) is 0 Å². The molecule has 1 aromatic carbocycles. The van der Waals surface area contributed by atoms with Crippen molar-refractivity contribution in [2.75, 3.05) is 13.6 Å². The molecule has 6 nitrogen and oxygen atoms in total. The van der Waals surface area contributed by atoms with Crippen LogP contribution in [0.2, 0.25) is 0 Å². The number of halogens is 1. The van der Waals surface area contributed by atoms with Crippen molar-refractivity contribution in [1.29, 1.82) is 0 Å². The Bertz CT molecular complexity index is 917. The van der Waals surface area contributed by atoms with Gasteiger partial charge in [-0.05, 0) is 24.5 Å². The van der Waals surface area contributed by atoms with E-state index in [4.69, 9.17) is 0 Å². The van der Waals surface area contributed by atoms with E-state index in [9.17, 15) is 0 Å². The number of aliphatic imine (C=N–C) groups is 1. The highest BCUT2D eigenvalue weighted by molar-refractivity contribution is 14.0. The van der Waals surface area contributed by atoms with Crippen LogP contribution in [0.15, 0.2) is 47.8 Å². The van der Waals surface area contributed by atoms with Crippen LogP contribution in [0, 0.1) is 6.92 Å². The van der Waals surface area contributed by atoms with E-state index in [-0.39, 0.29) is 24.0 Å². The molecule has 0 radical (unpaired) electrons. The molecule has 0 spiro atoms. The highest BCUT2D eigenvalue weighted by atomic mass is 127. The van der Waals surface area contributed by atoms with E-state index in [0.717, 1.165) is 44.3 Å². The second kappa shape index (κ2) is 11.9. The monoisotopic (exact) mass is 524 g/mol. The number of thiazole rings is 1. The van der Waals surface area contributed by atoms with Crippen LogP contribution in [0.5, 0.6) is 0 Å². The average Bonchev–Trinajstić information content (AvgIpc) is 3.34. The number of imidazole rings is 1. The maximum atomic E-state index is 4.46. The average molecular weight is 524 g/mol. The predicted molar refractivity (Wildman–Crippen MR) is 131 cm³/mol. The van der Waals surface area contributed by atoms with Crippen LogP contribution in [0.1, 0.15) is 33.8 Å². The van der Waals surface area contributed by atoms with E-state index in [1.54, 1.807) is 18.4 Å². The number of guanidine groups is 1. The predicted octanol–water partition coefficient (Wildman–Crippen LogP) is 3.78. The first-order chi connectivity index (χ1) is 13.7. The van der Waals surface area contributed by atoms with E-state index in [1.165, 1.54) is 21.0 Å². The number of aryl methyl sites for hydroxylation is 2. The molecular formula is C21H29IN6S. The Morgan fingerprint density at radius 3 is 2.72 bits per heavy atom. The number of benzene rings is 1. The molecule has 0 aliphatic rings. The summed E-state index contributed by atoms with van der Waals surface area (Å²) in [5, 5.41) is 7.92. The zero-order valence-electron chi connectivity index (χ0n) is 17.2. The highest BCUT2D eigenvalue weighted by Gasteiger charge is 2.04. The lowest BCUT2D eigenvalue weighted by molar-refractivity contribution is 0.757. The molecule has 0 bridgehead atoms.